The van der Waals surface area contributed by atoms with Gasteiger partial charge in [-0.1, -0.05) is 20.8 Å². The predicted octanol–water partition coefficient (Wildman–Crippen LogP) is 3.18. The monoisotopic (exact) mass is 671 g/mol. The first-order chi connectivity index (χ1) is 22.0. The maximum atomic E-state index is 14.2. The summed E-state index contributed by atoms with van der Waals surface area (Å²) in [6, 6.07) is 1.65. The summed E-state index contributed by atoms with van der Waals surface area (Å²) < 4.78 is 10.3. The highest BCUT2D eigenvalue weighted by Gasteiger charge is 2.59. The number of benzene rings is 1. The lowest BCUT2D eigenvalue weighted by atomic mass is 9.60. The second-order valence-electron chi connectivity index (χ2n) is 15.2. The number of rotatable bonds is 7. The van der Waals surface area contributed by atoms with Crippen molar-refractivity contribution in [3.8, 4) is 5.75 Å². The summed E-state index contributed by atoms with van der Waals surface area (Å²) in [5, 5.41) is 45.0. The fraction of sp³-hybridized carbons (Fsp3) is 0.559. The average molecular weight is 672 g/mol. The van der Waals surface area contributed by atoms with E-state index in [1.54, 1.807) is 45.8 Å². The minimum Gasteiger partial charge on any atom is -0.511 e. The van der Waals surface area contributed by atoms with Gasteiger partial charge < -0.3 is 45.4 Å². The molecule has 0 aromatic heterocycles. The molecule has 0 fully saturated rings. The molecule has 0 unspecified atom stereocenters. The average Bonchev–Trinajstić information content (AvgIpc) is 2.94. The van der Waals surface area contributed by atoms with Crippen LogP contribution in [-0.2, 0) is 36.8 Å². The molecule has 0 bridgehead atoms. The molecule has 0 radical (unpaired) electrons. The Morgan fingerprint density at radius 1 is 1.02 bits per heavy atom. The third-order valence-corrected chi connectivity index (χ3v) is 8.87. The van der Waals surface area contributed by atoms with Gasteiger partial charge in [0.05, 0.1) is 17.5 Å². The largest absolute Gasteiger partial charge is 0.511 e. The number of carbonyl (C=O) groups is 5. The van der Waals surface area contributed by atoms with Gasteiger partial charge in [0.15, 0.2) is 11.4 Å². The molecule has 6 N–H and O–H groups in total. The highest BCUT2D eigenvalue weighted by Crippen LogP contribution is 2.52. The highest BCUT2D eigenvalue weighted by atomic mass is 16.7. The molecule has 3 aliphatic rings. The molecule has 3 aliphatic carbocycles. The zero-order chi connectivity index (χ0) is 36.3. The standard InChI is InChI=1S/C34H45N3O11/c1-32(2,3)14-37(31(45)48-15-47-30(44)33(4,5)6)13-17-11-20(36(7)8)19-10-16-9-18-12-21(38)24(29(35)43)28(42)34(18,46)27(41)22(16)26(40)23(19)25(17)39/h11,16,18,38-39,41,46H,9-10,12-15H2,1-8H3,(H2,35,43)/t16-,18+,34+/m1/s1. The second kappa shape index (κ2) is 12.5. The number of hydrogen-bond acceptors (Lipinski definition) is 12. The van der Waals surface area contributed by atoms with Crippen molar-refractivity contribution in [1.82, 2.24) is 4.90 Å². The number of allylic oxidation sites excluding steroid dienone is 2. The maximum absolute atomic E-state index is 14.2. The van der Waals surface area contributed by atoms with Crippen molar-refractivity contribution in [1.29, 1.82) is 0 Å². The van der Waals surface area contributed by atoms with Crippen LogP contribution in [0.2, 0.25) is 0 Å². The van der Waals surface area contributed by atoms with E-state index in [4.69, 9.17) is 15.2 Å². The first-order valence-corrected chi connectivity index (χ1v) is 15.6. The van der Waals surface area contributed by atoms with Gasteiger partial charge >= 0.3 is 12.1 Å². The Labute approximate surface area is 278 Å². The number of carbonyl (C=O) groups excluding carboxylic acids is 5. The SMILES string of the molecule is CN(C)c1cc(CN(CC(C)(C)C)C(=O)OCOC(=O)C(C)(C)C)c(O)c2c1C[C@H]1C[C@H]3CC(O)=C(C(N)=O)C(=O)[C@@]3(O)C(O)=C1C2=O. The van der Waals surface area contributed by atoms with Crippen LogP contribution >= 0.6 is 0 Å². The van der Waals surface area contributed by atoms with E-state index in [0.29, 0.717) is 11.3 Å². The van der Waals surface area contributed by atoms with Gasteiger partial charge in [0.25, 0.3) is 5.91 Å². The van der Waals surface area contributed by atoms with Gasteiger partial charge in [-0.15, -0.1) is 0 Å². The van der Waals surface area contributed by atoms with Crippen LogP contribution < -0.4 is 10.6 Å². The van der Waals surface area contributed by atoms with E-state index < -0.39 is 87.4 Å². The number of hydrogen-bond donors (Lipinski definition) is 5. The highest BCUT2D eigenvalue weighted by molar-refractivity contribution is 6.24. The van der Waals surface area contributed by atoms with Crippen LogP contribution in [0.1, 0.15) is 75.9 Å². The number of ether oxygens (including phenoxy) is 2. The van der Waals surface area contributed by atoms with E-state index in [1.807, 2.05) is 20.8 Å². The molecule has 1 aromatic carbocycles. The van der Waals surface area contributed by atoms with Crippen molar-refractivity contribution in [2.24, 2.45) is 28.4 Å². The minimum absolute atomic E-state index is 0.00326. The van der Waals surface area contributed by atoms with Crippen LogP contribution in [0.4, 0.5) is 10.5 Å². The number of phenols is 1. The Kier molecular flexibility index (Phi) is 9.41. The van der Waals surface area contributed by atoms with Crippen LogP contribution in [0, 0.1) is 22.7 Å². The Bertz CT molecular complexity index is 1640. The Hall–Kier alpha value is -4.59. The fourth-order valence-electron chi connectivity index (χ4n) is 6.65. The summed E-state index contributed by atoms with van der Waals surface area (Å²) in [5.74, 6) is -7.75. The number of aromatic hydroxyl groups is 1. The lowest BCUT2D eigenvalue weighted by Crippen LogP contribution is -2.57. The zero-order valence-corrected chi connectivity index (χ0v) is 28.6. The molecule has 3 atom stereocenters. The van der Waals surface area contributed by atoms with Gasteiger partial charge in [0.2, 0.25) is 12.6 Å². The molecule has 48 heavy (non-hydrogen) atoms. The van der Waals surface area contributed by atoms with Crippen molar-refractivity contribution in [2.45, 2.75) is 73.0 Å². The molecule has 0 saturated carbocycles. The van der Waals surface area contributed by atoms with Crippen LogP contribution in [0.25, 0.3) is 0 Å². The summed E-state index contributed by atoms with van der Waals surface area (Å²) in [6.07, 6.45) is -1.03. The summed E-state index contributed by atoms with van der Waals surface area (Å²) in [5.41, 5.74) is 1.21. The topological polar surface area (TPSA) is 217 Å². The lowest BCUT2D eigenvalue weighted by molar-refractivity contribution is -0.162. The predicted molar refractivity (Wildman–Crippen MR) is 172 cm³/mol. The maximum Gasteiger partial charge on any atom is 0.412 e. The molecule has 4 rings (SSSR count). The number of ketones is 2. The van der Waals surface area contributed by atoms with Crippen molar-refractivity contribution in [3.05, 3.63) is 45.4 Å². The number of Topliss-reactive ketones (excluding diaryl/α,β-unsaturated/α-hetero) is 2. The number of amides is 2. The number of nitrogens with zero attached hydrogens (tertiary/aromatic N) is 2. The number of nitrogens with two attached hydrogens (primary N) is 1. The molecular weight excluding hydrogens is 626 g/mol. The molecule has 0 saturated heterocycles. The molecule has 0 heterocycles. The van der Waals surface area contributed by atoms with E-state index in [2.05, 4.69) is 0 Å². The molecule has 0 spiro atoms. The molecule has 0 aliphatic heterocycles. The fourth-order valence-corrected chi connectivity index (χ4v) is 6.65. The van der Waals surface area contributed by atoms with Crippen molar-refractivity contribution >= 4 is 35.2 Å². The Morgan fingerprint density at radius 2 is 1.65 bits per heavy atom. The summed E-state index contributed by atoms with van der Waals surface area (Å²) in [7, 11) is 3.48. The molecule has 1 aromatic rings. The van der Waals surface area contributed by atoms with Gasteiger partial charge in [0, 0.05) is 49.8 Å². The first-order valence-electron chi connectivity index (χ1n) is 15.6. The van der Waals surface area contributed by atoms with Gasteiger partial charge in [0.1, 0.15) is 22.8 Å². The number of primary amides is 1. The second-order valence-corrected chi connectivity index (χ2v) is 15.2. The quantitative estimate of drug-likeness (QED) is 0.160. The number of fused-ring (bicyclic) bond motifs is 3. The van der Waals surface area contributed by atoms with Gasteiger partial charge in [-0.25, -0.2) is 4.79 Å². The van der Waals surface area contributed by atoms with Crippen molar-refractivity contribution in [3.63, 3.8) is 0 Å². The van der Waals surface area contributed by atoms with Gasteiger partial charge in [-0.2, -0.15) is 0 Å². The van der Waals surface area contributed by atoms with Crippen LogP contribution in [0.5, 0.6) is 5.75 Å². The normalized spacial score (nSPS) is 22.4. The van der Waals surface area contributed by atoms with E-state index in [-0.39, 0.29) is 49.1 Å². The number of esters is 1. The molecule has 262 valence electrons. The third kappa shape index (κ3) is 6.45. The van der Waals surface area contributed by atoms with E-state index in [9.17, 15) is 44.4 Å². The van der Waals surface area contributed by atoms with Crippen molar-refractivity contribution in [2.75, 3.05) is 32.3 Å². The van der Waals surface area contributed by atoms with E-state index in [1.165, 1.54) is 4.90 Å². The number of phenolic OH excluding ortho intramolecular Hbond substituents is 1. The molecule has 14 heteroatoms. The Morgan fingerprint density at radius 3 is 2.19 bits per heavy atom. The van der Waals surface area contributed by atoms with Gasteiger partial charge in [-0.3, -0.25) is 19.2 Å². The summed E-state index contributed by atoms with van der Waals surface area (Å²) in [6.45, 7) is 9.92. The number of aliphatic hydroxyl groups excluding tert-OH is 2. The van der Waals surface area contributed by atoms with Crippen LogP contribution in [0.15, 0.2) is 28.7 Å². The number of anilines is 1. The smallest absolute Gasteiger partial charge is 0.412 e. The lowest BCUT2D eigenvalue weighted by Gasteiger charge is -2.46. The number of aliphatic hydroxyl groups is 3. The first kappa shape index (κ1) is 36.2. The molecule has 2 amide bonds. The van der Waals surface area contributed by atoms with E-state index >= 15 is 0 Å². The van der Waals surface area contributed by atoms with E-state index in [0.717, 1.165) is 0 Å². The van der Waals surface area contributed by atoms with Crippen LogP contribution in [0.3, 0.4) is 0 Å². The molecular formula is C34H45N3O11. The Balaban J connectivity index is 1.77. The van der Waals surface area contributed by atoms with Gasteiger partial charge in [-0.05, 0) is 56.6 Å². The zero-order valence-electron chi connectivity index (χ0n) is 28.6. The summed E-state index contributed by atoms with van der Waals surface area (Å²) >= 11 is 0. The minimum atomic E-state index is -2.68. The van der Waals surface area contributed by atoms with Crippen molar-refractivity contribution < 1.29 is 53.9 Å². The third-order valence-electron chi connectivity index (χ3n) is 8.87. The summed E-state index contributed by atoms with van der Waals surface area (Å²) in [4.78, 5) is 67.9. The molecule has 14 nitrogen and oxygen atoms in total. The van der Waals surface area contributed by atoms with Crippen LogP contribution in [-0.4, -0.2) is 87.9 Å².